The SMILES string of the molecule is COCCOCCOc1cccc2c1CCCC2=NO. The van der Waals surface area contributed by atoms with Crippen LogP contribution in [0.3, 0.4) is 0 Å². The van der Waals surface area contributed by atoms with Crippen LogP contribution in [0, 0.1) is 0 Å². The van der Waals surface area contributed by atoms with Gasteiger partial charge in [0.1, 0.15) is 12.4 Å². The summed E-state index contributed by atoms with van der Waals surface area (Å²) in [7, 11) is 1.65. The number of rotatable bonds is 7. The molecule has 5 nitrogen and oxygen atoms in total. The lowest BCUT2D eigenvalue weighted by Crippen LogP contribution is -2.15. The first-order valence-electron chi connectivity index (χ1n) is 6.89. The Labute approximate surface area is 119 Å². The number of benzene rings is 1. The summed E-state index contributed by atoms with van der Waals surface area (Å²) in [5.41, 5.74) is 2.87. The fraction of sp³-hybridized carbons (Fsp3) is 0.533. The highest BCUT2D eigenvalue weighted by molar-refractivity contribution is 6.02. The fourth-order valence-corrected chi connectivity index (χ4v) is 2.36. The van der Waals surface area contributed by atoms with Crippen LogP contribution in [0.4, 0.5) is 0 Å². The Bertz CT molecular complexity index is 459. The van der Waals surface area contributed by atoms with Gasteiger partial charge in [-0.1, -0.05) is 17.3 Å². The van der Waals surface area contributed by atoms with Crippen LogP contribution in [0.5, 0.6) is 5.75 Å². The first kappa shape index (κ1) is 14.8. The van der Waals surface area contributed by atoms with Gasteiger partial charge in [-0.25, -0.2) is 0 Å². The quantitative estimate of drug-likeness (QED) is 0.472. The van der Waals surface area contributed by atoms with Gasteiger partial charge in [0.2, 0.25) is 0 Å². The minimum absolute atomic E-state index is 0.506. The predicted molar refractivity (Wildman–Crippen MR) is 75.9 cm³/mol. The molecule has 0 unspecified atom stereocenters. The molecule has 0 atom stereocenters. The van der Waals surface area contributed by atoms with Gasteiger partial charge in [-0.3, -0.25) is 0 Å². The average Bonchev–Trinajstić information content (AvgIpc) is 2.50. The van der Waals surface area contributed by atoms with Crippen molar-refractivity contribution in [3.8, 4) is 5.75 Å². The van der Waals surface area contributed by atoms with Gasteiger partial charge in [0.15, 0.2) is 0 Å². The summed E-state index contributed by atoms with van der Waals surface area (Å²) >= 11 is 0. The van der Waals surface area contributed by atoms with Gasteiger partial charge >= 0.3 is 0 Å². The molecule has 1 aromatic carbocycles. The molecular formula is C15H21NO4. The highest BCUT2D eigenvalue weighted by Crippen LogP contribution is 2.29. The van der Waals surface area contributed by atoms with Crippen LogP contribution in [0.1, 0.15) is 24.0 Å². The van der Waals surface area contributed by atoms with Gasteiger partial charge in [0.05, 0.1) is 25.5 Å². The molecule has 1 aliphatic carbocycles. The van der Waals surface area contributed by atoms with E-state index in [1.165, 1.54) is 0 Å². The van der Waals surface area contributed by atoms with Gasteiger partial charge in [0, 0.05) is 18.2 Å². The number of hydrogen-bond donors (Lipinski definition) is 1. The topological polar surface area (TPSA) is 60.3 Å². The molecule has 5 heteroatoms. The molecule has 1 aliphatic rings. The van der Waals surface area contributed by atoms with Gasteiger partial charge in [-0.05, 0) is 25.3 Å². The maximum atomic E-state index is 9.04. The minimum Gasteiger partial charge on any atom is -0.491 e. The van der Waals surface area contributed by atoms with Crippen LogP contribution in [-0.2, 0) is 15.9 Å². The predicted octanol–water partition coefficient (Wildman–Crippen LogP) is 2.24. The van der Waals surface area contributed by atoms with Gasteiger partial charge in [-0.2, -0.15) is 0 Å². The summed E-state index contributed by atoms with van der Waals surface area (Å²) in [6, 6.07) is 5.86. The molecule has 0 aliphatic heterocycles. The lowest BCUT2D eigenvalue weighted by molar-refractivity contribution is 0.0542. The molecule has 0 spiro atoms. The van der Waals surface area contributed by atoms with Crippen molar-refractivity contribution >= 4 is 5.71 Å². The largest absolute Gasteiger partial charge is 0.491 e. The molecular weight excluding hydrogens is 258 g/mol. The Balaban J connectivity index is 1.92. The van der Waals surface area contributed by atoms with E-state index < -0.39 is 0 Å². The molecule has 0 heterocycles. The summed E-state index contributed by atoms with van der Waals surface area (Å²) in [6.45, 7) is 2.21. The summed E-state index contributed by atoms with van der Waals surface area (Å²) in [4.78, 5) is 0. The van der Waals surface area contributed by atoms with Crippen LogP contribution in [0.25, 0.3) is 0 Å². The first-order valence-corrected chi connectivity index (χ1v) is 6.89. The molecule has 0 fully saturated rings. The van der Waals surface area contributed by atoms with Crippen LogP contribution < -0.4 is 4.74 Å². The Hall–Kier alpha value is -1.59. The molecule has 0 bridgehead atoms. The second kappa shape index (κ2) is 7.87. The third kappa shape index (κ3) is 3.71. The van der Waals surface area contributed by atoms with E-state index in [4.69, 9.17) is 19.4 Å². The van der Waals surface area contributed by atoms with Crippen molar-refractivity contribution in [2.75, 3.05) is 33.5 Å². The monoisotopic (exact) mass is 279 g/mol. The number of methoxy groups -OCH3 is 1. The molecule has 1 N–H and O–H groups in total. The summed E-state index contributed by atoms with van der Waals surface area (Å²) < 4.78 is 16.0. The lowest BCUT2D eigenvalue weighted by Gasteiger charge is -2.20. The van der Waals surface area contributed by atoms with Gasteiger partial charge in [-0.15, -0.1) is 0 Å². The van der Waals surface area contributed by atoms with Crippen molar-refractivity contribution in [3.05, 3.63) is 29.3 Å². The zero-order valence-corrected chi connectivity index (χ0v) is 11.8. The normalized spacial score (nSPS) is 16.1. The van der Waals surface area contributed by atoms with Crippen molar-refractivity contribution in [2.24, 2.45) is 5.16 Å². The molecule has 0 amide bonds. The molecule has 20 heavy (non-hydrogen) atoms. The Morgan fingerprint density at radius 3 is 2.80 bits per heavy atom. The molecule has 0 saturated carbocycles. The van der Waals surface area contributed by atoms with Crippen molar-refractivity contribution in [3.63, 3.8) is 0 Å². The minimum atomic E-state index is 0.506. The lowest BCUT2D eigenvalue weighted by atomic mass is 9.89. The standard InChI is InChI=1S/C15H21NO4/c1-18-8-9-19-10-11-20-15-7-3-4-12-13(15)5-2-6-14(12)16-17/h3-4,7,17H,2,5-6,8-11H2,1H3. The molecule has 0 saturated heterocycles. The van der Waals surface area contributed by atoms with E-state index in [1.54, 1.807) is 7.11 Å². The highest BCUT2D eigenvalue weighted by Gasteiger charge is 2.19. The van der Waals surface area contributed by atoms with Crippen molar-refractivity contribution in [1.29, 1.82) is 0 Å². The summed E-state index contributed by atoms with van der Waals surface area (Å²) in [5.74, 6) is 0.860. The van der Waals surface area contributed by atoms with Gasteiger partial charge < -0.3 is 19.4 Å². The number of fused-ring (bicyclic) bond motifs is 1. The van der Waals surface area contributed by atoms with E-state index >= 15 is 0 Å². The van der Waals surface area contributed by atoms with Crippen LogP contribution in [0.2, 0.25) is 0 Å². The van der Waals surface area contributed by atoms with Crippen LogP contribution in [-0.4, -0.2) is 44.5 Å². The second-order valence-corrected chi connectivity index (χ2v) is 4.64. The molecule has 1 aromatic rings. The second-order valence-electron chi connectivity index (χ2n) is 4.64. The molecule has 0 aromatic heterocycles. The summed E-state index contributed by atoms with van der Waals surface area (Å²) in [6.07, 6.45) is 2.75. The average molecular weight is 279 g/mol. The van der Waals surface area contributed by atoms with E-state index in [0.29, 0.717) is 26.4 Å². The molecule has 2 rings (SSSR count). The number of nitrogens with zero attached hydrogens (tertiary/aromatic N) is 1. The van der Waals surface area contributed by atoms with E-state index in [1.807, 2.05) is 18.2 Å². The zero-order valence-electron chi connectivity index (χ0n) is 11.8. The maximum Gasteiger partial charge on any atom is 0.123 e. The van der Waals surface area contributed by atoms with Crippen molar-refractivity contribution < 1.29 is 19.4 Å². The first-order chi connectivity index (χ1) is 9.86. The summed E-state index contributed by atoms with van der Waals surface area (Å²) in [5, 5.41) is 12.4. The fourth-order valence-electron chi connectivity index (χ4n) is 2.36. The highest BCUT2D eigenvalue weighted by atomic mass is 16.5. The van der Waals surface area contributed by atoms with Crippen molar-refractivity contribution in [1.82, 2.24) is 0 Å². The van der Waals surface area contributed by atoms with Crippen LogP contribution in [0.15, 0.2) is 23.4 Å². The zero-order chi connectivity index (χ0) is 14.2. The van der Waals surface area contributed by atoms with E-state index in [2.05, 4.69) is 5.16 Å². The third-order valence-electron chi connectivity index (χ3n) is 3.32. The van der Waals surface area contributed by atoms with E-state index in [0.717, 1.165) is 41.9 Å². The number of hydrogen-bond acceptors (Lipinski definition) is 5. The van der Waals surface area contributed by atoms with Gasteiger partial charge in [0.25, 0.3) is 0 Å². The van der Waals surface area contributed by atoms with E-state index in [-0.39, 0.29) is 0 Å². The Morgan fingerprint density at radius 2 is 2.00 bits per heavy atom. The number of ether oxygens (including phenoxy) is 3. The maximum absolute atomic E-state index is 9.04. The Kier molecular flexibility index (Phi) is 5.83. The van der Waals surface area contributed by atoms with Crippen LogP contribution >= 0.6 is 0 Å². The van der Waals surface area contributed by atoms with Crippen molar-refractivity contribution in [2.45, 2.75) is 19.3 Å². The molecule has 110 valence electrons. The smallest absolute Gasteiger partial charge is 0.123 e. The molecule has 0 radical (unpaired) electrons. The number of oxime groups is 1. The van der Waals surface area contributed by atoms with E-state index in [9.17, 15) is 0 Å². The Morgan fingerprint density at radius 1 is 1.15 bits per heavy atom. The third-order valence-corrected chi connectivity index (χ3v) is 3.32.